The van der Waals surface area contributed by atoms with Crippen LogP contribution in [0.3, 0.4) is 0 Å². The summed E-state index contributed by atoms with van der Waals surface area (Å²) in [6.45, 7) is 2.60. The van der Waals surface area contributed by atoms with Crippen molar-refractivity contribution in [3.63, 3.8) is 0 Å². The number of aliphatic hydroxyl groups excluding tert-OH is 1. The second-order valence-corrected chi connectivity index (χ2v) is 5.97. The average molecular weight is 471 g/mol. The molecule has 1 aromatic heterocycles. The number of furan rings is 1. The van der Waals surface area contributed by atoms with Gasteiger partial charge in [-0.05, 0) is 30.5 Å². The maximum absolute atomic E-state index is 8.81. The van der Waals surface area contributed by atoms with Gasteiger partial charge in [0.25, 0.3) is 0 Å². The van der Waals surface area contributed by atoms with Crippen LogP contribution in [0.15, 0.2) is 58.1 Å². The minimum atomic E-state index is 0. The van der Waals surface area contributed by atoms with Gasteiger partial charge in [0.1, 0.15) is 5.76 Å². The molecule has 5 nitrogen and oxygen atoms in total. The maximum Gasteiger partial charge on any atom is 0.191 e. The molecule has 0 saturated heterocycles. The Balaban J connectivity index is 0.00000338. The van der Waals surface area contributed by atoms with Crippen LogP contribution in [0.1, 0.15) is 37.0 Å². The lowest BCUT2D eigenvalue weighted by Gasteiger charge is -2.12. The van der Waals surface area contributed by atoms with Gasteiger partial charge in [0, 0.05) is 26.1 Å². The summed E-state index contributed by atoms with van der Waals surface area (Å²) in [5.74, 6) is 1.80. The van der Waals surface area contributed by atoms with Crippen LogP contribution in [-0.2, 0) is 13.0 Å². The monoisotopic (exact) mass is 471 g/mol. The molecule has 0 radical (unpaired) electrons. The zero-order valence-corrected chi connectivity index (χ0v) is 17.5. The second-order valence-electron chi connectivity index (χ2n) is 5.97. The highest BCUT2D eigenvalue weighted by molar-refractivity contribution is 14.0. The number of nitrogens with one attached hydrogen (secondary N) is 2. The smallest absolute Gasteiger partial charge is 0.191 e. The van der Waals surface area contributed by atoms with Gasteiger partial charge in [0.2, 0.25) is 0 Å². The number of aliphatic hydroxyl groups is 1. The van der Waals surface area contributed by atoms with Gasteiger partial charge < -0.3 is 20.2 Å². The van der Waals surface area contributed by atoms with Crippen molar-refractivity contribution in [3.8, 4) is 0 Å². The van der Waals surface area contributed by atoms with Gasteiger partial charge in [-0.25, -0.2) is 4.99 Å². The summed E-state index contributed by atoms with van der Waals surface area (Å²) in [5.41, 5.74) is 1.19. The van der Waals surface area contributed by atoms with E-state index in [1.54, 1.807) is 6.26 Å². The topological polar surface area (TPSA) is 69.8 Å². The van der Waals surface area contributed by atoms with E-state index < -0.39 is 0 Å². The van der Waals surface area contributed by atoms with Gasteiger partial charge in [-0.3, -0.25) is 0 Å². The Morgan fingerprint density at radius 3 is 2.42 bits per heavy atom. The molecule has 6 heteroatoms. The Labute approximate surface area is 173 Å². The Hall–Kier alpha value is -1.54. The molecule has 1 aromatic carbocycles. The van der Waals surface area contributed by atoms with E-state index >= 15 is 0 Å². The van der Waals surface area contributed by atoms with Crippen molar-refractivity contribution in [2.24, 2.45) is 4.99 Å². The second kappa shape index (κ2) is 14.6. The van der Waals surface area contributed by atoms with Crippen LogP contribution in [-0.4, -0.2) is 30.8 Å². The van der Waals surface area contributed by atoms with E-state index in [4.69, 9.17) is 9.52 Å². The zero-order valence-electron chi connectivity index (χ0n) is 15.2. The first-order valence-electron chi connectivity index (χ1n) is 9.08. The number of nitrogens with zero attached hydrogens (tertiary/aromatic N) is 1. The molecule has 0 atom stereocenters. The van der Waals surface area contributed by atoms with Crippen LogP contribution >= 0.6 is 24.0 Å². The third-order valence-electron chi connectivity index (χ3n) is 3.88. The van der Waals surface area contributed by atoms with E-state index in [1.807, 2.05) is 30.3 Å². The van der Waals surface area contributed by atoms with E-state index in [2.05, 4.69) is 27.8 Å². The van der Waals surface area contributed by atoms with Crippen molar-refractivity contribution in [1.29, 1.82) is 0 Å². The SMILES string of the molecule is I.OCCCCCCNC(=NCc1ccccc1)NCCc1ccco1. The molecule has 0 bridgehead atoms. The number of guanidine groups is 1. The van der Waals surface area contributed by atoms with E-state index in [0.29, 0.717) is 6.54 Å². The summed E-state index contributed by atoms with van der Waals surface area (Å²) in [6.07, 6.45) is 6.67. The summed E-state index contributed by atoms with van der Waals surface area (Å²) in [5, 5.41) is 15.6. The number of unbranched alkanes of at least 4 members (excludes halogenated alkanes) is 3. The van der Waals surface area contributed by atoms with Crippen molar-refractivity contribution < 1.29 is 9.52 Å². The molecule has 0 spiro atoms. The Morgan fingerprint density at radius 1 is 0.923 bits per heavy atom. The molecule has 1 heterocycles. The molecule has 2 rings (SSSR count). The van der Waals surface area contributed by atoms with Crippen molar-refractivity contribution in [2.75, 3.05) is 19.7 Å². The molecule has 0 saturated carbocycles. The van der Waals surface area contributed by atoms with E-state index in [-0.39, 0.29) is 30.6 Å². The molecule has 3 N–H and O–H groups in total. The number of halogens is 1. The number of aliphatic imine (C=N–C) groups is 1. The van der Waals surface area contributed by atoms with E-state index in [9.17, 15) is 0 Å². The van der Waals surface area contributed by atoms with Crippen LogP contribution in [0, 0.1) is 0 Å². The first kappa shape index (κ1) is 22.5. The maximum atomic E-state index is 8.81. The lowest BCUT2D eigenvalue weighted by Crippen LogP contribution is -2.39. The van der Waals surface area contributed by atoms with Crippen molar-refractivity contribution in [1.82, 2.24) is 10.6 Å². The summed E-state index contributed by atoms with van der Waals surface area (Å²) >= 11 is 0. The lowest BCUT2D eigenvalue weighted by atomic mass is 10.2. The van der Waals surface area contributed by atoms with Crippen molar-refractivity contribution in [3.05, 3.63) is 60.1 Å². The highest BCUT2D eigenvalue weighted by Gasteiger charge is 2.01. The van der Waals surface area contributed by atoms with E-state index in [0.717, 1.165) is 56.9 Å². The first-order valence-corrected chi connectivity index (χ1v) is 9.08. The molecule has 0 fully saturated rings. The Kier molecular flexibility index (Phi) is 12.6. The minimum Gasteiger partial charge on any atom is -0.469 e. The zero-order chi connectivity index (χ0) is 17.6. The predicted octanol–water partition coefficient (Wildman–Crippen LogP) is 3.73. The van der Waals surface area contributed by atoms with Gasteiger partial charge in [-0.2, -0.15) is 0 Å². The fourth-order valence-corrected chi connectivity index (χ4v) is 2.48. The van der Waals surface area contributed by atoms with Crippen molar-refractivity contribution in [2.45, 2.75) is 38.6 Å². The van der Waals surface area contributed by atoms with Crippen LogP contribution in [0.5, 0.6) is 0 Å². The molecule has 2 aromatic rings. The average Bonchev–Trinajstić information content (AvgIpc) is 3.16. The van der Waals surface area contributed by atoms with Crippen LogP contribution in [0.2, 0.25) is 0 Å². The van der Waals surface area contributed by atoms with Gasteiger partial charge >= 0.3 is 0 Å². The van der Waals surface area contributed by atoms with Crippen LogP contribution < -0.4 is 10.6 Å². The van der Waals surface area contributed by atoms with E-state index in [1.165, 1.54) is 5.56 Å². The van der Waals surface area contributed by atoms with Crippen molar-refractivity contribution >= 4 is 29.9 Å². The molecule has 144 valence electrons. The molecule has 0 amide bonds. The lowest BCUT2D eigenvalue weighted by molar-refractivity contribution is 0.282. The largest absolute Gasteiger partial charge is 0.469 e. The van der Waals surface area contributed by atoms with Gasteiger partial charge in [0.15, 0.2) is 5.96 Å². The molecule has 0 aliphatic heterocycles. The molecule has 26 heavy (non-hydrogen) atoms. The summed E-state index contributed by atoms with van der Waals surface area (Å²) < 4.78 is 5.36. The number of hydrogen-bond donors (Lipinski definition) is 3. The number of benzene rings is 1. The highest BCUT2D eigenvalue weighted by Crippen LogP contribution is 2.02. The van der Waals surface area contributed by atoms with Gasteiger partial charge in [-0.1, -0.05) is 43.2 Å². The fraction of sp³-hybridized carbons (Fsp3) is 0.450. The quantitative estimate of drug-likeness (QED) is 0.202. The standard InChI is InChI=1S/C20H29N3O2.HI/c24-15-7-2-1-6-13-21-20(22-14-12-19-11-8-16-25-19)23-17-18-9-4-3-5-10-18;/h3-5,8-11,16,24H,1-2,6-7,12-15,17H2,(H2,21,22,23);1H. The summed E-state index contributed by atoms with van der Waals surface area (Å²) in [7, 11) is 0. The van der Waals surface area contributed by atoms with Crippen LogP contribution in [0.4, 0.5) is 0 Å². The molecular formula is C20H30IN3O2. The molecular weight excluding hydrogens is 441 g/mol. The third-order valence-corrected chi connectivity index (χ3v) is 3.88. The summed E-state index contributed by atoms with van der Waals surface area (Å²) in [4.78, 5) is 4.67. The predicted molar refractivity (Wildman–Crippen MR) is 117 cm³/mol. The highest BCUT2D eigenvalue weighted by atomic mass is 127. The van der Waals surface area contributed by atoms with Gasteiger partial charge in [0.05, 0.1) is 12.8 Å². The number of rotatable bonds is 11. The molecule has 0 aliphatic rings. The number of hydrogen-bond acceptors (Lipinski definition) is 3. The Bertz CT molecular complexity index is 588. The fourth-order valence-electron chi connectivity index (χ4n) is 2.48. The van der Waals surface area contributed by atoms with Gasteiger partial charge in [-0.15, -0.1) is 24.0 Å². The normalized spacial score (nSPS) is 11.0. The third kappa shape index (κ3) is 9.82. The Morgan fingerprint density at radius 2 is 1.69 bits per heavy atom. The minimum absolute atomic E-state index is 0. The first-order chi connectivity index (χ1) is 12.4. The molecule has 0 unspecified atom stereocenters. The molecule has 0 aliphatic carbocycles. The summed E-state index contributed by atoms with van der Waals surface area (Å²) in [6, 6.07) is 14.1. The van der Waals surface area contributed by atoms with Crippen LogP contribution in [0.25, 0.3) is 0 Å².